The molecular formula is C21H26Cl2N4O3. The number of ether oxygens (including phenoxy) is 1. The molecule has 0 saturated carbocycles. The van der Waals surface area contributed by atoms with Crippen molar-refractivity contribution in [2.75, 3.05) is 24.6 Å². The molecule has 0 radical (unpaired) electrons. The number of nitrogens with two attached hydrogens (primary N) is 1. The number of hydrogen-bond donors (Lipinski definition) is 2. The molecule has 1 aromatic carbocycles. The highest BCUT2D eigenvalue weighted by atomic mass is 35.5. The second-order valence-corrected chi connectivity index (χ2v) is 8.32. The van der Waals surface area contributed by atoms with Gasteiger partial charge in [0.05, 0.1) is 33.6 Å². The number of esters is 1. The molecule has 0 aliphatic carbocycles. The van der Waals surface area contributed by atoms with E-state index in [1.165, 1.54) is 0 Å². The maximum absolute atomic E-state index is 12.7. The lowest BCUT2D eigenvalue weighted by atomic mass is 9.85. The summed E-state index contributed by atoms with van der Waals surface area (Å²) >= 11 is 12.5. The molecule has 1 saturated heterocycles. The van der Waals surface area contributed by atoms with Crippen molar-refractivity contribution < 1.29 is 14.6 Å². The molecule has 1 aromatic heterocycles. The Bertz CT molecular complexity index is 944. The molecule has 7 nitrogen and oxygen atoms in total. The fourth-order valence-electron chi connectivity index (χ4n) is 3.57. The van der Waals surface area contributed by atoms with Gasteiger partial charge < -0.3 is 20.5 Å². The first-order valence-corrected chi connectivity index (χ1v) is 10.7. The standard InChI is InChI=1S/C21H26Cl2N4O3/c1-4-30-20(28)18-19(27-10-8-21(29,9-11-27)13(3)24)25-12(2)17(26-18)14-6-5-7-15(22)16(14)23/h5-7,13,29H,4,8-11,24H2,1-3H3. The fourth-order valence-corrected chi connectivity index (χ4v) is 3.96. The summed E-state index contributed by atoms with van der Waals surface area (Å²) in [5.41, 5.74) is 6.79. The Morgan fingerprint density at radius 3 is 2.60 bits per heavy atom. The number of aliphatic hydroxyl groups is 1. The van der Waals surface area contributed by atoms with E-state index in [4.69, 9.17) is 33.7 Å². The summed E-state index contributed by atoms with van der Waals surface area (Å²) in [6, 6.07) is 4.89. The minimum atomic E-state index is -0.933. The summed E-state index contributed by atoms with van der Waals surface area (Å²) in [6.45, 7) is 6.54. The van der Waals surface area contributed by atoms with Crippen molar-refractivity contribution in [3.63, 3.8) is 0 Å². The molecule has 0 bridgehead atoms. The van der Waals surface area contributed by atoms with Crippen molar-refractivity contribution in [2.45, 2.75) is 45.3 Å². The van der Waals surface area contributed by atoms with E-state index in [9.17, 15) is 9.90 Å². The van der Waals surface area contributed by atoms with Crippen LogP contribution >= 0.6 is 23.2 Å². The van der Waals surface area contributed by atoms with Crippen molar-refractivity contribution in [3.05, 3.63) is 39.6 Å². The lowest BCUT2D eigenvalue weighted by Gasteiger charge is -2.41. The largest absolute Gasteiger partial charge is 0.461 e. The smallest absolute Gasteiger partial charge is 0.360 e. The Balaban J connectivity index is 2.05. The number of piperidine rings is 1. The Labute approximate surface area is 186 Å². The third kappa shape index (κ3) is 4.39. The van der Waals surface area contributed by atoms with Gasteiger partial charge in [0.25, 0.3) is 0 Å². The van der Waals surface area contributed by atoms with E-state index in [0.717, 1.165) is 0 Å². The maximum atomic E-state index is 12.7. The number of aromatic nitrogens is 2. The topological polar surface area (TPSA) is 102 Å². The summed E-state index contributed by atoms with van der Waals surface area (Å²) < 4.78 is 5.23. The first-order chi connectivity index (χ1) is 14.2. The monoisotopic (exact) mass is 452 g/mol. The predicted octanol–water partition coefficient (Wildman–Crippen LogP) is 3.61. The first-order valence-electron chi connectivity index (χ1n) is 9.91. The normalized spacial score (nSPS) is 17.0. The zero-order valence-corrected chi connectivity index (χ0v) is 18.8. The summed E-state index contributed by atoms with van der Waals surface area (Å²) in [5.74, 6) is -0.132. The molecule has 1 atom stereocenters. The van der Waals surface area contributed by atoms with Gasteiger partial charge in [0.2, 0.25) is 0 Å². The van der Waals surface area contributed by atoms with Gasteiger partial charge in [0.1, 0.15) is 0 Å². The Hall–Kier alpha value is -1.93. The zero-order valence-electron chi connectivity index (χ0n) is 17.3. The number of carbonyl (C=O) groups is 1. The van der Waals surface area contributed by atoms with Crippen LogP contribution in [0.1, 0.15) is 42.9 Å². The Morgan fingerprint density at radius 1 is 1.33 bits per heavy atom. The molecule has 2 heterocycles. The van der Waals surface area contributed by atoms with Gasteiger partial charge in [-0.25, -0.2) is 14.8 Å². The summed E-state index contributed by atoms with van der Waals surface area (Å²) in [5, 5.41) is 11.4. The van der Waals surface area contributed by atoms with Crippen LogP contribution in [0.2, 0.25) is 10.0 Å². The lowest BCUT2D eigenvalue weighted by Crippen LogP contribution is -2.54. The van der Waals surface area contributed by atoms with Crippen LogP contribution in [0.25, 0.3) is 11.3 Å². The first kappa shape index (κ1) is 22.7. The molecule has 3 rings (SSSR count). The molecule has 3 N–H and O–H groups in total. The van der Waals surface area contributed by atoms with Gasteiger partial charge in [-0.3, -0.25) is 0 Å². The van der Waals surface area contributed by atoms with Crippen molar-refractivity contribution in [2.24, 2.45) is 5.73 Å². The van der Waals surface area contributed by atoms with Crippen molar-refractivity contribution in [3.8, 4) is 11.3 Å². The van der Waals surface area contributed by atoms with Crippen LogP contribution in [0.5, 0.6) is 0 Å². The van der Waals surface area contributed by atoms with E-state index < -0.39 is 11.6 Å². The Kier molecular flexibility index (Phi) is 6.87. The van der Waals surface area contributed by atoms with Gasteiger partial charge in [-0.1, -0.05) is 35.3 Å². The quantitative estimate of drug-likeness (QED) is 0.667. The van der Waals surface area contributed by atoms with E-state index in [1.54, 1.807) is 39.0 Å². The van der Waals surface area contributed by atoms with Gasteiger partial charge in [0, 0.05) is 24.7 Å². The van der Waals surface area contributed by atoms with Crippen LogP contribution in [0.15, 0.2) is 18.2 Å². The van der Waals surface area contributed by atoms with E-state index in [2.05, 4.69) is 9.97 Å². The van der Waals surface area contributed by atoms with Crippen LogP contribution in [0.3, 0.4) is 0 Å². The average molecular weight is 453 g/mol. The number of benzene rings is 1. The molecule has 1 aliphatic heterocycles. The third-order valence-electron chi connectivity index (χ3n) is 5.50. The number of carbonyl (C=O) groups excluding carboxylic acids is 1. The third-order valence-corrected chi connectivity index (χ3v) is 6.32. The van der Waals surface area contributed by atoms with E-state index in [1.807, 2.05) is 4.90 Å². The summed E-state index contributed by atoms with van der Waals surface area (Å²) in [6.07, 6.45) is 0.936. The molecule has 0 spiro atoms. The van der Waals surface area contributed by atoms with Crippen LogP contribution in [0.4, 0.5) is 5.82 Å². The van der Waals surface area contributed by atoms with Crippen LogP contribution < -0.4 is 10.6 Å². The minimum Gasteiger partial charge on any atom is -0.461 e. The highest BCUT2D eigenvalue weighted by Gasteiger charge is 2.37. The molecule has 162 valence electrons. The number of hydrogen-bond acceptors (Lipinski definition) is 7. The van der Waals surface area contributed by atoms with E-state index in [0.29, 0.717) is 58.7 Å². The second-order valence-electron chi connectivity index (χ2n) is 7.53. The molecule has 1 fully saturated rings. The number of nitrogens with zero attached hydrogens (tertiary/aromatic N) is 3. The second kappa shape index (κ2) is 9.06. The SMILES string of the molecule is CCOC(=O)c1nc(-c2cccc(Cl)c2Cl)c(C)nc1N1CCC(O)(C(C)N)CC1. The molecule has 1 aliphatic rings. The minimum absolute atomic E-state index is 0.111. The number of rotatable bonds is 5. The lowest BCUT2D eigenvalue weighted by molar-refractivity contribution is -0.00321. The van der Waals surface area contributed by atoms with Gasteiger partial charge in [0.15, 0.2) is 11.5 Å². The zero-order chi connectivity index (χ0) is 22.1. The maximum Gasteiger partial charge on any atom is 0.360 e. The molecule has 9 heteroatoms. The van der Waals surface area contributed by atoms with Crippen molar-refractivity contribution in [1.29, 1.82) is 0 Å². The van der Waals surface area contributed by atoms with Gasteiger partial charge in [-0.2, -0.15) is 0 Å². The molecule has 30 heavy (non-hydrogen) atoms. The van der Waals surface area contributed by atoms with Crippen molar-refractivity contribution in [1.82, 2.24) is 9.97 Å². The van der Waals surface area contributed by atoms with Gasteiger partial charge >= 0.3 is 5.97 Å². The molecule has 1 unspecified atom stereocenters. The van der Waals surface area contributed by atoms with Crippen LogP contribution in [-0.2, 0) is 4.74 Å². The van der Waals surface area contributed by atoms with Gasteiger partial charge in [-0.15, -0.1) is 0 Å². The molecule has 2 aromatic rings. The number of aryl methyl sites for hydroxylation is 1. The van der Waals surface area contributed by atoms with Crippen molar-refractivity contribution >= 4 is 35.0 Å². The van der Waals surface area contributed by atoms with E-state index >= 15 is 0 Å². The summed E-state index contributed by atoms with van der Waals surface area (Å²) in [4.78, 5) is 23.9. The van der Waals surface area contributed by atoms with Crippen LogP contribution in [-0.4, -0.2) is 52.4 Å². The predicted molar refractivity (Wildman–Crippen MR) is 118 cm³/mol. The highest BCUT2D eigenvalue weighted by Crippen LogP contribution is 2.36. The Morgan fingerprint density at radius 2 is 2.00 bits per heavy atom. The number of anilines is 1. The average Bonchev–Trinajstić information content (AvgIpc) is 2.71. The number of halogens is 2. The molecular weight excluding hydrogens is 427 g/mol. The highest BCUT2D eigenvalue weighted by molar-refractivity contribution is 6.43. The summed E-state index contributed by atoms with van der Waals surface area (Å²) in [7, 11) is 0. The van der Waals surface area contributed by atoms with Crippen LogP contribution in [0, 0.1) is 6.92 Å². The van der Waals surface area contributed by atoms with E-state index in [-0.39, 0.29) is 18.3 Å². The fraction of sp³-hybridized carbons (Fsp3) is 0.476. The molecule has 0 amide bonds. The van der Waals surface area contributed by atoms with Gasteiger partial charge in [-0.05, 0) is 39.7 Å².